The molecule has 0 N–H and O–H groups in total. The molecule has 0 saturated heterocycles. The maximum atomic E-state index is 12.7. The van der Waals surface area contributed by atoms with Crippen molar-refractivity contribution in [2.24, 2.45) is 23.7 Å². The molecular formula is C55H70O15. The van der Waals surface area contributed by atoms with Crippen LogP contribution in [0.25, 0.3) is 0 Å². The molecule has 6 rings (SSSR count). The van der Waals surface area contributed by atoms with Crippen molar-refractivity contribution in [3.05, 3.63) is 106 Å². The normalized spacial score (nSPS) is 22.2. The van der Waals surface area contributed by atoms with Crippen LogP contribution in [0.15, 0.2) is 72.8 Å². The molecule has 0 atom stereocenters. The fourth-order valence-electron chi connectivity index (χ4n) is 10.1. The fraction of sp³-hybridized carbons (Fsp3) is 0.564. The lowest BCUT2D eigenvalue weighted by Crippen LogP contribution is -2.39. The number of carbonyl (C=O) groups is 6. The molecular weight excluding hydrogens is 901 g/mol. The van der Waals surface area contributed by atoms with Crippen LogP contribution < -0.4 is 0 Å². The summed E-state index contributed by atoms with van der Waals surface area (Å²) in [5.41, 5.74) is 3.57. The molecule has 3 fully saturated rings. The highest BCUT2D eigenvalue weighted by molar-refractivity contribution is 5.90. The van der Waals surface area contributed by atoms with E-state index in [1.165, 1.54) is 0 Å². The lowest BCUT2D eigenvalue weighted by molar-refractivity contribution is -0.209. The van der Waals surface area contributed by atoms with Gasteiger partial charge in [-0.1, -0.05) is 98.7 Å². The predicted molar refractivity (Wildman–Crippen MR) is 255 cm³/mol. The summed E-state index contributed by atoms with van der Waals surface area (Å²) >= 11 is 0. The van der Waals surface area contributed by atoms with E-state index < -0.39 is 54.7 Å². The number of hydrogen-bond acceptors (Lipinski definition) is 15. The van der Waals surface area contributed by atoms with E-state index >= 15 is 0 Å². The third-order valence-electron chi connectivity index (χ3n) is 14.1. The molecule has 70 heavy (non-hydrogen) atoms. The van der Waals surface area contributed by atoms with Gasteiger partial charge in [0.2, 0.25) is 0 Å². The molecule has 15 heteroatoms. The number of benzene rings is 3. The zero-order valence-electron chi connectivity index (χ0n) is 42.1. The smallest absolute Gasteiger partial charge is 0.428 e. The van der Waals surface area contributed by atoms with Gasteiger partial charge in [0.25, 0.3) is 0 Å². The fourth-order valence-corrected chi connectivity index (χ4v) is 10.1. The molecule has 3 aromatic carbocycles. The molecule has 0 aromatic heterocycles. The minimum Gasteiger partial charge on any atom is -0.428 e. The van der Waals surface area contributed by atoms with Gasteiger partial charge in [0, 0.05) is 0 Å². The summed E-state index contributed by atoms with van der Waals surface area (Å²) in [7, 11) is 0. The highest BCUT2D eigenvalue weighted by Gasteiger charge is 2.42. The Morgan fingerprint density at radius 3 is 0.757 bits per heavy atom. The first kappa shape index (κ1) is 53.2. The van der Waals surface area contributed by atoms with Crippen LogP contribution in [0.2, 0.25) is 0 Å². The van der Waals surface area contributed by atoms with Gasteiger partial charge in [0.05, 0.1) is 16.7 Å². The summed E-state index contributed by atoms with van der Waals surface area (Å²) in [5.74, 6) is -1.27. The molecule has 15 nitrogen and oxygen atoms in total. The molecule has 0 heterocycles. The van der Waals surface area contributed by atoms with Gasteiger partial charge in [-0.3, -0.25) is 0 Å². The summed E-state index contributed by atoms with van der Waals surface area (Å²) < 4.78 is 16.8. The number of carbonyl (C=O) groups excluding carboxylic acids is 6. The topological polar surface area (TPSA) is 185 Å². The number of ether oxygens (including phenoxy) is 3. The van der Waals surface area contributed by atoms with Crippen LogP contribution in [-0.4, -0.2) is 54.7 Å². The first-order chi connectivity index (χ1) is 33.0. The second-order valence-corrected chi connectivity index (χ2v) is 22.1. The standard InChI is InChI=1S/C55H70O15/c1-53(2,3)40-22-10-37(11-23-40)47(56)65-68-50(59)62-43-28-16-34(17-29-43)46(35-18-30-44(31-19-35)63-51(60)69-66-48(57)38-12-24-41(25-13-38)54(4,5)6)36-20-32-45(33-21-36)64-52(61)70-67-49(58)39-14-26-42(27-15-39)55(7,8)9/h10-15,22-27,34-36,43-46H,16-21,28-33H2,1-9H3. The predicted octanol–water partition coefficient (Wildman–Crippen LogP) is 12.9. The van der Waals surface area contributed by atoms with Crippen molar-refractivity contribution in [2.45, 2.75) is 174 Å². The van der Waals surface area contributed by atoms with Crippen molar-refractivity contribution in [1.29, 1.82) is 0 Å². The minimum atomic E-state index is -1.08. The van der Waals surface area contributed by atoms with Gasteiger partial charge in [-0.15, -0.1) is 0 Å². The van der Waals surface area contributed by atoms with Gasteiger partial charge in [-0.25, -0.2) is 43.7 Å². The molecule has 3 saturated carbocycles. The Morgan fingerprint density at radius 1 is 0.343 bits per heavy atom. The third-order valence-corrected chi connectivity index (χ3v) is 14.1. The van der Waals surface area contributed by atoms with E-state index in [4.69, 9.17) is 43.5 Å². The van der Waals surface area contributed by atoms with E-state index in [0.29, 0.717) is 56.3 Å². The summed E-state index contributed by atoms with van der Waals surface area (Å²) in [6.07, 6.45) is 3.71. The van der Waals surface area contributed by atoms with Crippen molar-refractivity contribution < 1.29 is 72.3 Å². The quantitative estimate of drug-likeness (QED) is 0.0852. The van der Waals surface area contributed by atoms with Crippen LogP contribution in [0.4, 0.5) is 14.4 Å². The molecule has 0 spiro atoms. The first-order valence-electron chi connectivity index (χ1n) is 24.6. The van der Waals surface area contributed by atoms with Crippen molar-refractivity contribution in [1.82, 2.24) is 0 Å². The SMILES string of the molecule is CC(C)(C)c1ccc(C(=O)OOC(=O)OC2CCC(C(C3CCC(OC(=O)OOC(=O)c4ccc(C(C)(C)C)cc4)CC3)C3CCC(OC(=O)OOC(=O)c4ccc(C(C)(C)C)cc4)CC3)CC2)cc1. The van der Waals surface area contributed by atoms with Gasteiger partial charge in [-0.05, 0) is 170 Å². The lowest BCUT2D eigenvalue weighted by atomic mass is 9.61. The Morgan fingerprint density at radius 2 is 0.557 bits per heavy atom. The van der Waals surface area contributed by atoms with Gasteiger partial charge in [0.1, 0.15) is 18.3 Å². The van der Waals surface area contributed by atoms with E-state index in [0.717, 1.165) is 55.2 Å². The van der Waals surface area contributed by atoms with Crippen LogP contribution in [-0.2, 0) is 59.8 Å². The van der Waals surface area contributed by atoms with Gasteiger partial charge in [-0.2, -0.15) is 14.4 Å². The molecule has 3 aromatic rings. The summed E-state index contributed by atoms with van der Waals surface area (Å²) in [6, 6.07) is 20.7. The third kappa shape index (κ3) is 15.2. The highest BCUT2D eigenvalue weighted by Crippen LogP contribution is 2.48. The second kappa shape index (κ2) is 23.2. The van der Waals surface area contributed by atoms with Crippen molar-refractivity contribution in [3.63, 3.8) is 0 Å². The van der Waals surface area contributed by atoms with Crippen LogP contribution in [0, 0.1) is 23.7 Å². The molecule has 3 aliphatic carbocycles. The van der Waals surface area contributed by atoms with Crippen molar-refractivity contribution in [2.75, 3.05) is 0 Å². The molecule has 0 bridgehead atoms. The van der Waals surface area contributed by atoms with E-state index in [1.54, 1.807) is 36.4 Å². The van der Waals surface area contributed by atoms with E-state index in [-0.39, 0.29) is 38.9 Å². The molecule has 3 aliphatic rings. The van der Waals surface area contributed by atoms with Crippen LogP contribution in [0.5, 0.6) is 0 Å². The zero-order valence-corrected chi connectivity index (χ0v) is 42.1. The zero-order chi connectivity index (χ0) is 50.8. The lowest BCUT2D eigenvalue weighted by Gasteiger charge is -2.45. The van der Waals surface area contributed by atoms with Gasteiger partial charge < -0.3 is 14.2 Å². The van der Waals surface area contributed by atoms with Crippen molar-refractivity contribution >= 4 is 36.4 Å². The average molecular weight is 971 g/mol. The van der Waals surface area contributed by atoms with Gasteiger partial charge in [0.15, 0.2) is 0 Å². The van der Waals surface area contributed by atoms with E-state index in [2.05, 4.69) is 62.3 Å². The second-order valence-electron chi connectivity index (χ2n) is 22.1. The Bertz CT molecular complexity index is 1990. The van der Waals surface area contributed by atoms with Crippen LogP contribution >= 0.6 is 0 Å². The van der Waals surface area contributed by atoms with Crippen molar-refractivity contribution in [3.8, 4) is 0 Å². The molecule has 0 aliphatic heterocycles. The van der Waals surface area contributed by atoms with Gasteiger partial charge >= 0.3 is 36.4 Å². The largest absolute Gasteiger partial charge is 0.550 e. The molecule has 0 unspecified atom stereocenters. The first-order valence-corrected chi connectivity index (χ1v) is 24.6. The summed E-state index contributed by atoms with van der Waals surface area (Å²) in [5, 5.41) is 0. The maximum Gasteiger partial charge on any atom is 0.550 e. The average Bonchev–Trinajstić information content (AvgIpc) is 3.32. The Hall–Kier alpha value is -6.12. The monoisotopic (exact) mass is 970 g/mol. The maximum absolute atomic E-state index is 12.7. The molecule has 0 radical (unpaired) electrons. The Labute approximate surface area is 411 Å². The van der Waals surface area contributed by atoms with E-state index in [1.807, 2.05) is 36.4 Å². The van der Waals surface area contributed by atoms with Crippen LogP contribution in [0.3, 0.4) is 0 Å². The minimum absolute atomic E-state index is 0.0950. The van der Waals surface area contributed by atoms with Crippen LogP contribution in [0.1, 0.15) is 187 Å². The Balaban J connectivity index is 0.996. The number of rotatable bonds is 9. The number of hydrogen-bond donors (Lipinski definition) is 0. The Kier molecular flexibility index (Phi) is 17.6. The summed E-state index contributed by atoms with van der Waals surface area (Å²) in [6.45, 7) is 18.6. The van der Waals surface area contributed by atoms with E-state index in [9.17, 15) is 28.8 Å². The molecule has 380 valence electrons. The highest BCUT2D eigenvalue weighted by atomic mass is 17.2. The molecule has 0 amide bonds. The summed E-state index contributed by atoms with van der Waals surface area (Å²) in [4.78, 5) is 104.